The van der Waals surface area contributed by atoms with Crippen LogP contribution in [0.15, 0.2) is 42.5 Å². The third-order valence-corrected chi connectivity index (χ3v) is 5.46. The van der Waals surface area contributed by atoms with E-state index in [4.69, 9.17) is 23.2 Å². The molecular weight excluding hydrogens is 425 g/mol. The SMILES string of the molecule is CC(C)C(NC(=O)c1ccc(Cl)cc1Cl)C(=O)Nc1cccc(N2CCCC2=O)c1. The third-order valence-electron chi connectivity index (χ3n) is 4.91. The highest BCUT2D eigenvalue weighted by molar-refractivity contribution is 6.36. The lowest BCUT2D eigenvalue weighted by Gasteiger charge is -2.23. The first kappa shape index (κ1) is 22.1. The maximum Gasteiger partial charge on any atom is 0.253 e. The second-order valence-electron chi connectivity index (χ2n) is 7.51. The number of rotatable bonds is 6. The predicted octanol–water partition coefficient (Wildman–Crippen LogP) is 4.51. The van der Waals surface area contributed by atoms with Crippen molar-refractivity contribution in [2.45, 2.75) is 32.7 Å². The molecule has 0 bridgehead atoms. The summed E-state index contributed by atoms with van der Waals surface area (Å²) in [5, 5.41) is 6.22. The van der Waals surface area contributed by atoms with Crippen molar-refractivity contribution < 1.29 is 14.4 Å². The molecule has 1 aliphatic rings. The molecule has 1 aliphatic heterocycles. The van der Waals surface area contributed by atoms with Gasteiger partial charge in [-0.15, -0.1) is 0 Å². The van der Waals surface area contributed by atoms with Gasteiger partial charge in [0.1, 0.15) is 6.04 Å². The van der Waals surface area contributed by atoms with Gasteiger partial charge in [0.2, 0.25) is 11.8 Å². The maximum atomic E-state index is 12.9. The van der Waals surface area contributed by atoms with E-state index in [2.05, 4.69) is 10.6 Å². The minimum absolute atomic E-state index is 0.0747. The highest BCUT2D eigenvalue weighted by Gasteiger charge is 2.26. The van der Waals surface area contributed by atoms with Gasteiger partial charge < -0.3 is 15.5 Å². The van der Waals surface area contributed by atoms with Gasteiger partial charge in [0.05, 0.1) is 10.6 Å². The van der Waals surface area contributed by atoms with Gasteiger partial charge in [-0.05, 0) is 48.7 Å². The first-order valence-corrected chi connectivity index (χ1v) is 10.5. The molecule has 1 heterocycles. The van der Waals surface area contributed by atoms with Crippen LogP contribution in [0.4, 0.5) is 11.4 Å². The van der Waals surface area contributed by atoms with Crippen LogP contribution in [0.2, 0.25) is 10.0 Å². The number of amides is 3. The summed E-state index contributed by atoms with van der Waals surface area (Å²) in [6, 6.07) is 10.9. The van der Waals surface area contributed by atoms with Crippen LogP contribution in [0.1, 0.15) is 37.0 Å². The van der Waals surface area contributed by atoms with Gasteiger partial charge in [0, 0.05) is 29.4 Å². The summed E-state index contributed by atoms with van der Waals surface area (Å²) in [7, 11) is 0. The monoisotopic (exact) mass is 447 g/mol. The summed E-state index contributed by atoms with van der Waals surface area (Å²) in [5.41, 5.74) is 1.55. The summed E-state index contributed by atoms with van der Waals surface area (Å²) in [5.74, 6) is -0.899. The highest BCUT2D eigenvalue weighted by atomic mass is 35.5. The van der Waals surface area contributed by atoms with Crippen LogP contribution in [0.25, 0.3) is 0 Å². The fraction of sp³-hybridized carbons (Fsp3) is 0.318. The van der Waals surface area contributed by atoms with Gasteiger partial charge in [0.15, 0.2) is 0 Å². The van der Waals surface area contributed by atoms with Crippen molar-refractivity contribution in [3.63, 3.8) is 0 Å². The average molecular weight is 448 g/mol. The molecule has 1 fully saturated rings. The van der Waals surface area contributed by atoms with Gasteiger partial charge in [-0.25, -0.2) is 0 Å². The summed E-state index contributed by atoms with van der Waals surface area (Å²) in [4.78, 5) is 39.2. The lowest BCUT2D eigenvalue weighted by Crippen LogP contribution is -2.47. The normalized spacial score (nSPS) is 14.7. The van der Waals surface area contributed by atoms with E-state index in [-0.39, 0.29) is 28.3 Å². The van der Waals surface area contributed by atoms with E-state index < -0.39 is 11.9 Å². The Morgan fingerprint density at radius 1 is 1.10 bits per heavy atom. The lowest BCUT2D eigenvalue weighted by molar-refractivity contribution is -0.119. The van der Waals surface area contributed by atoms with Crippen LogP contribution in [0.5, 0.6) is 0 Å². The molecule has 158 valence electrons. The molecule has 2 N–H and O–H groups in total. The fourth-order valence-electron chi connectivity index (χ4n) is 3.32. The molecule has 1 saturated heterocycles. The molecule has 0 radical (unpaired) electrons. The van der Waals surface area contributed by atoms with E-state index in [9.17, 15) is 14.4 Å². The molecule has 8 heteroatoms. The molecule has 0 aromatic heterocycles. The highest BCUT2D eigenvalue weighted by Crippen LogP contribution is 2.25. The zero-order chi connectivity index (χ0) is 21.8. The number of hydrogen-bond acceptors (Lipinski definition) is 3. The number of halogens is 2. The summed E-state index contributed by atoms with van der Waals surface area (Å²) in [6.07, 6.45) is 1.36. The Hall–Kier alpha value is -2.57. The zero-order valence-electron chi connectivity index (χ0n) is 16.7. The maximum absolute atomic E-state index is 12.9. The largest absolute Gasteiger partial charge is 0.340 e. The molecule has 2 aromatic rings. The number of carbonyl (C=O) groups excluding carboxylic acids is 3. The van der Waals surface area contributed by atoms with Crippen LogP contribution in [0, 0.1) is 5.92 Å². The van der Waals surface area contributed by atoms with Crippen molar-refractivity contribution in [2.24, 2.45) is 5.92 Å². The number of benzene rings is 2. The second-order valence-corrected chi connectivity index (χ2v) is 8.35. The lowest BCUT2D eigenvalue weighted by atomic mass is 10.0. The van der Waals surface area contributed by atoms with Gasteiger partial charge >= 0.3 is 0 Å². The average Bonchev–Trinajstić information content (AvgIpc) is 3.11. The van der Waals surface area contributed by atoms with Gasteiger partial charge in [-0.3, -0.25) is 14.4 Å². The predicted molar refractivity (Wildman–Crippen MR) is 119 cm³/mol. The molecule has 0 spiro atoms. The van der Waals surface area contributed by atoms with Gasteiger partial charge in [-0.2, -0.15) is 0 Å². The minimum atomic E-state index is -0.777. The van der Waals surface area contributed by atoms with Crippen molar-refractivity contribution in [3.8, 4) is 0 Å². The van der Waals surface area contributed by atoms with E-state index >= 15 is 0 Å². The minimum Gasteiger partial charge on any atom is -0.340 e. The molecule has 30 heavy (non-hydrogen) atoms. The van der Waals surface area contributed by atoms with E-state index in [0.717, 1.165) is 12.1 Å². The Kier molecular flexibility index (Phi) is 7.00. The van der Waals surface area contributed by atoms with Crippen molar-refractivity contribution in [1.29, 1.82) is 0 Å². The Morgan fingerprint density at radius 2 is 1.87 bits per heavy atom. The molecule has 6 nitrogen and oxygen atoms in total. The molecule has 3 amide bonds. The van der Waals surface area contributed by atoms with Gasteiger partial charge in [-0.1, -0.05) is 43.1 Å². The Bertz CT molecular complexity index is 978. The summed E-state index contributed by atoms with van der Waals surface area (Å²) in [6.45, 7) is 4.35. The van der Waals surface area contributed by atoms with Crippen molar-refractivity contribution >= 4 is 52.3 Å². The Labute approximate surface area is 185 Å². The van der Waals surface area contributed by atoms with Crippen molar-refractivity contribution in [2.75, 3.05) is 16.8 Å². The van der Waals surface area contributed by atoms with Crippen LogP contribution < -0.4 is 15.5 Å². The van der Waals surface area contributed by atoms with Crippen molar-refractivity contribution in [1.82, 2.24) is 5.32 Å². The van der Waals surface area contributed by atoms with Crippen molar-refractivity contribution in [3.05, 3.63) is 58.1 Å². The molecule has 0 aliphatic carbocycles. The summed E-state index contributed by atoms with van der Waals surface area (Å²) >= 11 is 12.0. The second kappa shape index (κ2) is 9.49. The number of nitrogens with zero attached hydrogens (tertiary/aromatic N) is 1. The topological polar surface area (TPSA) is 78.5 Å². The van der Waals surface area contributed by atoms with E-state index in [1.54, 1.807) is 29.2 Å². The first-order valence-electron chi connectivity index (χ1n) is 9.73. The van der Waals surface area contributed by atoms with Crippen LogP contribution in [-0.2, 0) is 9.59 Å². The van der Waals surface area contributed by atoms with E-state index in [0.29, 0.717) is 23.7 Å². The Morgan fingerprint density at radius 3 is 2.50 bits per heavy atom. The van der Waals surface area contributed by atoms with Crippen LogP contribution in [-0.4, -0.2) is 30.3 Å². The molecule has 2 aromatic carbocycles. The Balaban J connectivity index is 1.73. The molecule has 1 unspecified atom stereocenters. The zero-order valence-corrected chi connectivity index (χ0v) is 18.3. The van der Waals surface area contributed by atoms with Crippen LogP contribution in [0.3, 0.4) is 0 Å². The number of carbonyl (C=O) groups is 3. The molecule has 3 rings (SSSR count). The number of hydrogen-bond donors (Lipinski definition) is 2. The molecular formula is C22H23Cl2N3O3. The number of anilines is 2. The van der Waals surface area contributed by atoms with E-state index in [1.165, 1.54) is 12.1 Å². The van der Waals surface area contributed by atoms with E-state index in [1.807, 2.05) is 19.9 Å². The molecule has 1 atom stereocenters. The molecule has 0 saturated carbocycles. The first-order chi connectivity index (χ1) is 14.3. The summed E-state index contributed by atoms with van der Waals surface area (Å²) < 4.78 is 0. The van der Waals surface area contributed by atoms with Crippen LogP contribution >= 0.6 is 23.2 Å². The fourth-order valence-corrected chi connectivity index (χ4v) is 3.81. The number of nitrogens with one attached hydrogen (secondary N) is 2. The smallest absolute Gasteiger partial charge is 0.253 e. The van der Waals surface area contributed by atoms with Gasteiger partial charge in [0.25, 0.3) is 5.91 Å². The third kappa shape index (κ3) is 5.12. The quantitative estimate of drug-likeness (QED) is 0.683. The standard InChI is InChI=1S/C22H23Cl2N3O3/c1-13(2)20(26-21(29)17-9-8-14(23)11-18(17)24)22(30)25-15-5-3-6-16(12-15)27-10-4-7-19(27)28/h3,5-6,8-9,11-13,20H,4,7,10H2,1-2H3,(H,25,30)(H,26,29).